The van der Waals surface area contributed by atoms with E-state index >= 15 is 0 Å². The number of hydrogen-bond donors (Lipinski definition) is 0. The van der Waals surface area contributed by atoms with E-state index < -0.39 is 0 Å². The number of aromatic nitrogens is 1. The highest BCUT2D eigenvalue weighted by molar-refractivity contribution is 7.99. The second-order valence-electron chi connectivity index (χ2n) is 6.11. The summed E-state index contributed by atoms with van der Waals surface area (Å²) in [7, 11) is 0. The van der Waals surface area contributed by atoms with Crippen molar-refractivity contribution in [2.75, 3.05) is 5.75 Å². The fourth-order valence-electron chi connectivity index (χ4n) is 2.78. The molecule has 3 rings (SSSR count). The first-order chi connectivity index (χ1) is 12.9. The molecule has 2 aromatic carbocycles. The summed E-state index contributed by atoms with van der Waals surface area (Å²) in [6.07, 6.45) is 6.01. The lowest BCUT2D eigenvalue weighted by Gasteiger charge is -2.00. The highest BCUT2D eigenvalue weighted by atomic mass is 32.2. The van der Waals surface area contributed by atoms with Crippen LogP contribution in [0.15, 0.2) is 70.3 Å². The molecule has 0 amide bonds. The summed E-state index contributed by atoms with van der Waals surface area (Å²) in [5.41, 5.74) is 3.00. The van der Waals surface area contributed by atoms with Crippen molar-refractivity contribution in [3.05, 3.63) is 60.7 Å². The standard InChI is InChI=1S/C22H23NO2S/c24-16-10-2-1-3-11-17-26-22-23-20(18-12-6-4-7-13-18)21(25-22)19-14-8-5-9-15-19/h4-9,12-16H,1-3,10-11,17H2. The SMILES string of the molecule is O=CCCCCCCSc1nc(-c2ccccc2)c(-c2ccccc2)o1. The number of nitrogens with zero attached hydrogens (tertiary/aromatic N) is 1. The quantitative estimate of drug-likeness (QED) is 0.242. The van der Waals surface area contributed by atoms with Crippen LogP contribution in [0, 0.1) is 0 Å². The fraction of sp³-hybridized carbons (Fsp3) is 0.273. The van der Waals surface area contributed by atoms with Gasteiger partial charge in [0, 0.05) is 23.3 Å². The summed E-state index contributed by atoms with van der Waals surface area (Å²) in [4.78, 5) is 15.1. The third kappa shape index (κ3) is 5.09. The van der Waals surface area contributed by atoms with E-state index in [1.807, 2.05) is 36.4 Å². The topological polar surface area (TPSA) is 43.1 Å². The molecular formula is C22H23NO2S. The molecule has 0 fully saturated rings. The lowest BCUT2D eigenvalue weighted by atomic mass is 10.1. The van der Waals surface area contributed by atoms with Gasteiger partial charge in [-0.25, -0.2) is 4.98 Å². The number of thioether (sulfide) groups is 1. The van der Waals surface area contributed by atoms with Crippen LogP contribution in [0.25, 0.3) is 22.6 Å². The van der Waals surface area contributed by atoms with Crippen LogP contribution in [-0.4, -0.2) is 17.0 Å². The number of aldehydes is 1. The second-order valence-corrected chi connectivity index (χ2v) is 7.15. The molecule has 0 N–H and O–H groups in total. The van der Waals surface area contributed by atoms with Crippen LogP contribution in [-0.2, 0) is 4.79 Å². The van der Waals surface area contributed by atoms with Crippen LogP contribution < -0.4 is 0 Å². The highest BCUT2D eigenvalue weighted by Gasteiger charge is 2.16. The molecule has 4 heteroatoms. The minimum atomic E-state index is 0.674. The van der Waals surface area contributed by atoms with Gasteiger partial charge >= 0.3 is 0 Å². The first-order valence-electron chi connectivity index (χ1n) is 9.06. The summed E-state index contributed by atoms with van der Waals surface area (Å²) in [5.74, 6) is 1.80. The van der Waals surface area contributed by atoms with Crippen LogP contribution in [0.4, 0.5) is 0 Å². The molecule has 1 aromatic heterocycles. The van der Waals surface area contributed by atoms with Gasteiger partial charge in [-0.2, -0.15) is 0 Å². The Labute approximate surface area is 158 Å². The van der Waals surface area contributed by atoms with Gasteiger partial charge in [0.2, 0.25) is 0 Å². The Hall–Kier alpha value is -2.33. The summed E-state index contributed by atoms with van der Waals surface area (Å²) in [6.45, 7) is 0. The second kappa shape index (κ2) is 9.97. The Morgan fingerprint density at radius 1 is 0.846 bits per heavy atom. The van der Waals surface area contributed by atoms with Crippen LogP contribution in [0.5, 0.6) is 0 Å². The highest BCUT2D eigenvalue weighted by Crippen LogP contribution is 2.35. The number of benzene rings is 2. The molecule has 3 nitrogen and oxygen atoms in total. The van der Waals surface area contributed by atoms with Crippen molar-refractivity contribution in [1.82, 2.24) is 4.98 Å². The zero-order valence-electron chi connectivity index (χ0n) is 14.8. The molecule has 0 spiro atoms. The lowest BCUT2D eigenvalue weighted by molar-refractivity contribution is -0.107. The fourth-order valence-corrected chi connectivity index (χ4v) is 3.60. The van der Waals surface area contributed by atoms with Crippen molar-refractivity contribution in [2.24, 2.45) is 0 Å². The summed E-state index contributed by atoms with van der Waals surface area (Å²) >= 11 is 1.66. The van der Waals surface area contributed by atoms with Gasteiger partial charge in [-0.05, 0) is 12.8 Å². The summed E-state index contributed by atoms with van der Waals surface area (Å²) in [5, 5.41) is 0.718. The monoisotopic (exact) mass is 365 g/mol. The van der Waals surface area contributed by atoms with E-state index in [2.05, 4.69) is 24.3 Å². The van der Waals surface area contributed by atoms with Gasteiger partial charge in [-0.3, -0.25) is 0 Å². The Bertz CT molecular complexity index is 743. The smallest absolute Gasteiger partial charge is 0.256 e. The van der Waals surface area contributed by atoms with E-state index in [9.17, 15) is 4.79 Å². The number of unbranched alkanes of at least 4 members (excludes halogenated alkanes) is 4. The van der Waals surface area contributed by atoms with Crippen molar-refractivity contribution in [3.8, 4) is 22.6 Å². The first-order valence-corrected chi connectivity index (χ1v) is 10.0. The van der Waals surface area contributed by atoms with Crippen molar-refractivity contribution in [3.63, 3.8) is 0 Å². The zero-order chi connectivity index (χ0) is 18.0. The van der Waals surface area contributed by atoms with Crippen LogP contribution in [0.2, 0.25) is 0 Å². The number of carbonyl (C=O) groups excluding carboxylic acids is 1. The number of hydrogen-bond acceptors (Lipinski definition) is 4. The molecule has 134 valence electrons. The predicted octanol–water partition coefficient (Wildman–Crippen LogP) is 6.25. The van der Waals surface area contributed by atoms with Gasteiger partial charge in [0.1, 0.15) is 12.0 Å². The summed E-state index contributed by atoms with van der Waals surface area (Å²) < 4.78 is 6.11. The molecule has 0 atom stereocenters. The van der Waals surface area contributed by atoms with Crippen molar-refractivity contribution in [2.45, 2.75) is 37.3 Å². The number of oxazole rings is 1. The van der Waals surface area contributed by atoms with Gasteiger partial charge in [0.15, 0.2) is 5.76 Å². The van der Waals surface area contributed by atoms with Crippen LogP contribution in [0.1, 0.15) is 32.1 Å². The largest absolute Gasteiger partial charge is 0.431 e. The summed E-state index contributed by atoms with van der Waals surface area (Å²) in [6, 6.07) is 20.3. The van der Waals surface area contributed by atoms with Crippen molar-refractivity contribution >= 4 is 18.0 Å². The molecule has 0 unspecified atom stereocenters. The maximum atomic E-state index is 10.3. The normalized spacial score (nSPS) is 10.8. The van der Waals surface area contributed by atoms with Crippen molar-refractivity contribution in [1.29, 1.82) is 0 Å². The molecule has 0 saturated carbocycles. The maximum Gasteiger partial charge on any atom is 0.256 e. The lowest BCUT2D eigenvalue weighted by Crippen LogP contribution is -1.84. The van der Waals surface area contributed by atoms with Gasteiger partial charge in [0.05, 0.1) is 0 Å². The minimum absolute atomic E-state index is 0.674. The minimum Gasteiger partial charge on any atom is -0.431 e. The average Bonchev–Trinajstić information content (AvgIpc) is 3.13. The number of rotatable bonds is 10. The predicted molar refractivity (Wildman–Crippen MR) is 107 cm³/mol. The van der Waals surface area contributed by atoms with E-state index in [-0.39, 0.29) is 0 Å². The Balaban J connectivity index is 1.70. The Morgan fingerprint density at radius 2 is 1.50 bits per heavy atom. The van der Waals surface area contributed by atoms with E-state index in [0.717, 1.165) is 65.5 Å². The molecular weight excluding hydrogens is 342 g/mol. The molecule has 0 aliphatic heterocycles. The third-order valence-corrected chi connectivity index (χ3v) is 5.05. The van der Waals surface area contributed by atoms with E-state index in [0.29, 0.717) is 6.42 Å². The van der Waals surface area contributed by atoms with Gasteiger partial charge in [-0.1, -0.05) is 85.3 Å². The molecule has 1 heterocycles. The first kappa shape index (κ1) is 18.5. The van der Waals surface area contributed by atoms with E-state index in [4.69, 9.17) is 9.40 Å². The van der Waals surface area contributed by atoms with Crippen LogP contribution >= 0.6 is 11.8 Å². The third-order valence-electron chi connectivity index (χ3n) is 4.13. The number of carbonyl (C=O) groups is 1. The van der Waals surface area contributed by atoms with Gasteiger partial charge < -0.3 is 9.21 Å². The molecule has 3 aromatic rings. The molecule has 0 bridgehead atoms. The maximum absolute atomic E-state index is 10.3. The molecule has 0 saturated heterocycles. The average molecular weight is 365 g/mol. The van der Waals surface area contributed by atoms with E-state index in [1.54, 1.807) is 11.8 Å². The molecule has 0 aliphatic rings. The van der Waals surface area contributed by atoms with Gasteiger partial charge in [0.25, 0.3) is 5.22 Å². The van der Waals surface area contributed by atoms with E-state index in [1.165, 1.54) is 0 Å². The van der Waals surface area contributed by atoms with Crippen molar-refractivity contribution < 1.29 is 9.21 Å². The van der Waals surface area contributed by atoms with Gasteiger partial charge in [-0.15, -0.1) is 0 Å². The Morgan fingerprint density at radius 3 is 2.19 bits per heavy atom. The zero-order valence-corrected chi connectivity index (χ0v) is 15.6. The molecule has 0 aliphatic carbocycles. The van der Waals surface area contributed by atoms with Crippen LogP contribution in [0.3, 0.4) is 0 Å². The molecule has 0 radical (unpaired) electrons. The Kier molecular flexibility index (Phi) is 7.08. The molecule has 26 heavy (non-hydrogen) atoms.